The van der Waals surface area contributed by atoms with E-state index < -0.39 is 12.8 Å². The molecule has 0 radical (unpaired) electrons. The van der Waals surface area contributed by atoms with Crippen molar-refractivity contribution in [3.05, 3.63) is 23.2 Å². The number of amides is 1. The predicted octanol–water partition coefficient (Wildman–Crippen LogP) is 3.08. The normalized spacial score (nSPS) is 12.9. The maximum absolute atomic E-state index is 12.2. The third-order valence-electron chi connectivity index (χ3n) is 2.55. The third kappa shape index (κ3) is 6.22. The van der Waals surface area contributed by atoms with Gasteiger partial charge in [0.15, 0.2) is 6.61 Å². The average Bonchev–Trinajstić information content (AvgIpc) is 2.38. The van der Waals surface area contributed by atoms with Crippen molar-refractivity contribution >= 4 is 23.2 Å². The second kappa shape index (κ2) is 7.51. The molecule has 0 heterocycles. The largest absolute Gasteiger partial charge is 0.482 e. The zero-order chi connectivity index (χ0) is 16.0. The van der Waals surface area contributed by atoms with Crippen LogP contribution in [0.4, 0.5) is 18.9 Å². The fourth-order valence-corrected chi connectivity index (χ4v) is 1.70. The van der Waals surface area contributed by atoms with Gasteiger partial charge in [0.1, 0.15) is 5.75 Å². The fraction of sp³-hybridized carbons (Fsp3) is 0.462. The molecule has 1 atom stereocenters. The molecule has 0 aliphatic carbocycles. The molecule has 8 heteroatoms. The summed E-state index contributed by atoms with van der Waals surface area (Å²) in [7, 11) is 1.70. The first-order chi connectivity index (χ1) is 9.73. The molecule has 0 fully saturated rings. The number of rotatable bonds is 6. The maximum Gasteiger partial charge on any atom is 0.422 e. The van der Waals surface area contributed by atoms with Crippen LogP contribution >= 0.6 is 11.6 Å². The molecule has 2 N–H and O–H groups in total. The Morgan fingerprint density at radius 2 is 2.10 bits per heavy atom. The highest BCUT2D eigenvalue weighted by molar-refractivity contribution is 6.30. The number of alkyl halides is 3. The van der Waals surface area contributed by atoms with E-state index in [1.807, 2.05) is 0 Å². The number of anilines is 1. The summed E-state index contributed by atoms with van der Waals surface area (Å²) in [6, 6.07) is 4.09. The van der Waals surface area contributed by atoms with E-state index in [4.69, 9.17) is 11.6 Å². The third-order valence-corrected chi connectivity index (χ3v) is 2.79. The monoisotopic (exact) mass is 324 g/mol. The molecule has 1 unspecified atom stereocenters. The molecule has 21 heavy (non-hydrogen) atoms. The van der Waals surface area contributed by atoms with Crippen LogP contribution in [0.15, 0.2) is 18.2 Å². The molecule has 118 valence electrons. The smallest absolute Gasteiger partial charge is 0.422 e. The summed E-state index contributed by atoms with van der Waals surface area (Å²) in [5.74, 6) is -0.797. The van der Waals surface area contributed by atoms with E-state index in [9.17, 15) is 18.0 Å². The lowest BCUT2D eigenvalue weighted by molar-refractivity contribution is -0.153. The van der Waals surface area contributed by atoms with Gasteiger partial charge in [-0.05, 0) is 19.2 Å². The predicted molar refractivity (Wildman–Crippen MR) is 74.7 cm³/mol. The minimum atomic E-state index is -4.47. The Morgan fingerprint density at radius 1 is 1.43 bits per heavy atom. The second-order valence-corrected chi connectivity index (χ2v) is 4.93. The molecule has 0 saturated heterocycles. The highest BCUT2D eigenvalue weighted by Crippen LogP contribution is 2.30. The minimum Gasteiger partial charge on any atom is -0.482 e. The summed E-state index contributed by atoms with van der Waals surface area (Å²) in [6.07, 6.45) is -4.47. The summed E-state index contributed by atoms with van der Waals surface area (Å²) in [5.41, 5.74) is 0.150. The average molecular weight is 325 g/mol. The number of nitrogens with one attached hydrogen (secondary N) is 2. The number of halogens is 4. The Kier molecular flexibility index (Phi) is 6.29. The molecule has 1 aromatic rings. The molecular weight excluding hydrogens is 309 g/mol. The molecular formula is C13H16ClF3N2O2. The van der Waals surface area contributed by atoms with E-state index >= 15 is 0 Å². The standard InChI is InChI=1S/C13H16ClF3N2O2/c1-8(6-18-2)12(20)19-10-4-3-9(14)5-11(10)21-7-13(15,16)17/h3-5,8,18H,6-7H2,1-2H3,(H,19,20). The van der Waals surface area contributed by atoms with Crippen molar-refractivity contribution in [3.63, 3.8) is 0 Å². The van der Waals surface area contributed by atoms with Crippen LogP contribution in [0.2, 0.25) is 5.02 Å². The molecule has 0 bridgehead atoms. The van der Waals surface area contributed by atoms with E-state index in [-0.39, 0.29) is 28.3 Å². The molecule has 0 spiro atoms. The summed E-state index contributed by atoms with van der Waals surface area (Å²) in [6.45, 7) is 0.679. The van der Waals surface area contributed by atoms with Gasteiger partial charge in [0, 0.05) is 23.6 Å². The van der Waals surface area contributed by atoms with Crippen LogP contribution in [0, 0.1) is 5.92 Å². The molecule has 1 aromatic carbocycles. The van der Waals surface area contributed by atoms with E-state index in [0.717, 1.165) is 0 Å². The Morgan fingerprint density at radius 3 is 2.67 bits per heavy atom. The Hall–Kier alpha value is -1.47. The van der Waals surface area contributed by atoms with Gasteiger partial charge in [0.25, 0.3) is 0 Å². The number of hydrogen-bond acceptors (Lipinski definition) is 3. The maximum atomic E-state index is 12.2. The lowest BCUT2D eigenvalue weighted by Crippen LogP contribution is -2.29. The van der Waals surface area contributed by atoms with Gasteiger partial charge in [-0.1, -0.05) is 18.5 Å². The summed E-state index contributed by atoms with van der Waals surface area (Å²) in [5, 5.41) is 5.59. The van der Waals surface area contributed by atoms with Crippen LogP contribution in [0.1, 0.15) is 6.92 Å². The quantitative estimate of drug-likeness (QED) is 0.845. The van der Waals surface area contributed by atoms with Gasteiger partial charge in [0.05, 0.1) is 5.69 Å². The van der Waals surface area contributed by atoms with Crippen molar-refractivity contribution in [1.82, 2.24) is 5.32 Å². The van der Waals surface area contributed by atoms with Gasteiger partial charge in [-0.2, -0.15) is 13.2 Å². The van der Waals surface area contributed by atoms with Crippen LogP contribution in [-0.4, -0.2) is 32.3 Å². The van der Waals surface area contributed by atoms with Crippen molar-refractivity contribution in [3.8, 4) is 5.75 Å². The first-order valence-electron chi connectivity index (χ1n) is 6.17. The SMILES string of the molecule is CNCC(C)C(=O)Nc1ccc(Cl)cc1OCC(F)(F)F. The second-order valence-electron chi connectivity index (χ2n) is 4.49. The minimum absolute atomic E-state index is 0.121. The van der Waals surface area contributed by atoms with Crippen molar-refractivity contribution in [2.45, 2.75) is 13.1 Å². The highest BCUT2D eigenvalue weighted by Gasteiger charge is 2.29. The number of hydrogen-bond donors (Lipinski definition) is 2. The molecule has 4 nitrogen and oxygen atoms in total. The van der Waals surface area contributed by atoms with Crippen LogP contribution in [0.5, 0.6) is 5.75 Å². The number of benzene rings is 1. The van der Waals surface area contributed by atoms with Crippen molar-refractivity contribution < 1.29 is 22.7 Å². The molecule has 1 amide bonds. The zero-order valence-corrected chi connectivity index (χ0v) is 12.3. The van der Waals surface area contributed by atoms with E-state index in [1.54, 1.807) is 14.0 Å². The van der Waals surface area contributed by atoms with Crippen molar-refractivity contribution in [2.24, 2.45) is 5.92 Å². The highest BCUT2D eigenvalue weighted by atomic mass is 35.5. The Bertz CT molecular complexity index is 495. The summed E-state index contributed by atoms with van der Waals surface area (Å²) in [4.78, 5) is 11.9. The van der Waals surface area contributed by atoms with Crippen LogP contribution in [0.25, 0.3) is 0 Å². The lowest BCUT2D eigenvalue weighted by atomic mass is 10.1. The molecule has 0 saturated carbocycles. The van der Waals surface area contributed by atoms with Crippen LogP contribution in [-0.2, 0) is 4.79 Å². The number of ether oxygens (including phenoxy) is 1. The van der Waals surface area contributed by atoms with Crippen LogP contribution in [0.3, 0.4) is 0 Å². The summed E-state index contributed by atoms with van der Waals surface area (Å²) < 4.78 is 41.3. The molecule has 0 aliphatic heterocycles. The summed E-state index contributed by atoms with van der Waals surface area (Å²) >= 11 is 5.73. The van der Waals surface area contributed by atoms with E-state index in [1.165, 1.54) is 18.2 Å². The van der Waals surface area contributed by atoms with Crippen LogP contribution < -0.4 is 15.4 Å². The van der Waals surface area contributed by atoms with Gasteiger partial charge in [-0.25, -0.2) is 0 Å². The van der Waals surface area contributed by atoms with Gasteiger partial charge in [0.2, 0.25) is 5.91 Å². The first-order valence-corrected chi connectivity index (χ1v) is 6.55. The van der Waals surface area contributed by atoms with Crippen molar-refractivity contribution in [1.29, 1.82) is 0 Å². The van der Waals surface area contributed by atoms with E-state index in [0.29, 0.717) is 6.54 Å². The van der Waals surface area contributed by atoms with Gasteiger partial charge in [-0.15, -0.1) is 0 Å². The Labute approximate surface area is 125 Å². The fourth-order valence-electron chi connectivity index (χ4n) is 1.53. The van der Waals surface area contributed by atoms with Crippen molar-refractivity contribution in [2.75, 3.05) is 25.5 Å². The number of carbonyl (C=O) groups excluding carboxylic acids is 1. The first kappa shape index (κ1) is 17.6. The molecule has 1 rings (SSSR count). The lowest BCUT2D eigenvalue weighted by Gasteiger charge is -2.16. The Balaban J connectivity index is 2.84. The van der Waals surface area contributed by atoms with Gasteiger partial charge in [-0.3, -0.25) is 4.79 Å². The molecule has 0 aromatic heterocycles. The zero-order valence-electron chi connectivity index (χ0n) is 11.6. The van der Waals surface area contributed by atoms with E-state index in [2.05, 4.69) is 15.4 Å². The topological polar surface area (TPSA) is 50.4 Å². The van der Waals surface area contributed by atoms with Gasteiger partial charge >= 0.3 is 6.18 Å². The molecule has 0 aliphatic rings. The number of carbonyl (C=O) groups is 1. The van der Waals surface area contributed by atoms with Gasteiger partial charge < -0.3 is 15.4 Å².